The minimum absolute atomic E-state index is 0.00331. The first-order valence-electron chi connectivity index (χ1n) is 6.71. The van der Waals surface area contributed by atoms with Crippen LogP contribution in [0.2, 0.25) is 10.0 Å². The summed E-state index contributed by atoms with van der Waals surface area (Å²) in [5.41, 5.74) is 2.19. The summed E-state index contributed by atoms with van der Waals surface area (Å²) in [4.78, 5) is 4.19. The van der Waals surface area contributed by atoms with Crippen molar-refractivity contribution in [3.05, 3.63) is 64.3 Å². The molecule has 3 rings (SSSR count). The lowest BCUT2D eigenvalue weighted by Gasteiger charge is -2.11. The van der Waals surface area contributed by atoms with E-state index in [2.05, 4.69) is 9.71 Å². The van der Waals surface area contributed by atoms with Gasteiger partial charge in [0.05, 0.1) is 21.2 Å². The predicted molar refractivity (Wildman–Crippen MR) is 93.8 cm³/mol. The third kappa shape index (κ3) is 3.13. The van der Waals surface area contributed by atoms with Crippen LogP contribution < -0.4 is 4.72 Å². The molecule has 0 saturated carbocycles. The predicted octanol–water partition coefficient (Wildman–Crippen LogP) is 4.65. The van der Waals surface area contributed by atoms with E-state index >= 15 is 0 Å². The Morgan fingerprint density at radius 3 is 2.65 bits per heavy atom. The van der Waals surface area contributed by atoms with E-state index in [4.69, 9.17) is 23.2 Å². The number of aryl methyl sites for hydroxylation is 1. The fraction of sp³-hybridized carbons (Fsp3) is 0.0625. The maximum Gasteiger partial charge on any atom is 0.263 e. The third-order valence-corrected chi connectivity index (χ3v) is 5.77. The van der Waals surface area contributed by atoms with E-state index in [1.807, 2.05) is 19.1 Å². The van der Waals surface area contributed by atoms with Crippen molar-refractivity contribution in [3.8, 4) is 0 Å². The van der Waals surface area contributed by atoms with Gasteiger partial charge in [0.2, 0.25) is 0 Å². The molecule has 1 heterocycles. The highest BCUT2D eigenvalue weighted by Crippen LogP contribution is 2.30. The second-order valence-electron chi connectivity index (χ2n) is 5.02. The van der Waals surface area contributed by atoms with Gasteiger partial charge in [0.25, 0.3) is 10.0 Å². The number of aromatic nitrogens is 1. The molecular formula is C16H12Cl2N2O2S. The van der Waals surface area contributed by atoms with Crippen molar-refractivity contribution in [3.63, 3.8) is 0 Å². The van der Waals surface area contributed by atoms with Crippen molar-refractivity contribution < 1.29 is 8.42 Å². The minimum Gasteiger partial charge on any atom is -0.280 e. The van der Waals surface area contributed by atoms with Gasteiger partial charge in [0, 0.05) is 11.6 Å². The zero-order valence-corrected chi connectivity index (χ0v) is 14.4. The van der Waals surface area contributed by atoms with Gasteiger partial charge in [-0.3, -0.25) is 9.71 Å². The average molecular weight is 367 g/mol. The molecule has 0 aliphatic heterocycles. The summed E-state index contributed by atoms with van der Waals surface area (Å²) < 4.78 is 27.5. The monoisotopic (exact) mass is 366 g/mol. The summed E-state index contributed by atoms with van der Waals surface area (Å²) >= 11 is 11.9. The lowest BCUT2D eigenvalue weighted by molar-refractivity contribution is 0.601. The Kier molecular flexibility index (Phi) is 4.19. The average Bonchev–Trinajstić information content (AvgIpc) is 2.49. The Hall–Kier alpha value is -1.82. The number of nitrogens with zero attached hydrogens (tertiary/aromatic N) is 1. The summed E-state index contributed by atoms with van der Waals surface area (Å²) in [5.74, 6) is 0. The molecule has 0 aliphatic carbocycles. The van der Waals surface area contributed by atoms with Crippen LogP contribution in [0.5, 0.6) is 0 Å². The lowest BCUT2D eigenvalue weighted by atomic mass is 10.1. The van der Waals surface area contributed by atoms with Crippen molar-refractivity contribution in [1.82, 2.24) is 4.98 Å². The van der Waals surface area contributed by atoms with Gasteiger partial charge in [0.1, 0.15) is 4.90 Å². The number of sulfonamides is 1. The number of anilines is 1. The van der Waals surface area contributed by atoms with Crippen LogP contribution in [0.25, 0.3) is 10.9 Å². The Bertz CT molecular complexity index is 1000. The molecule has 3 aromatic rings. The molecule has 0 bridgehead atoms. The molecule has 1 aromatic heterocycles. The molecule has 2 aromatic carbocycles. The second-order valence-corrected chi connectivity index (χ2v) is 7.45. The maximum absolute atomic E-state index is 12.5. The van der Waals surface area contributed by atoms with Crippen LogP contribution in [0.1, 0.15) is 5.56 Å². The minimum atomic E-state index is -3.84. The smallest absolute Gasteiger partial charge is 0.263 e. The zero-order valence-electron chi connectivity index (χ0n) is 12.0. The molecule has 4 nitrogen and oxygen atoms in total. The highest BCUT2D eigenvalue weighted by atomic mass is 35.5. The van der Waals surface area contributed by atoms with Gasteiger partial charge >= 0.3 is 0 Å². The van der Waals surface area contributed by atoms with Gasteiger partial charge in [-0.15, -0.1) is 0 Å². The molecular weight excluding hydrogens is 355 g/mol. The number of hydrogen-bond donors (Lipinski definition) is 1. The van der Waals surface area contributed by atoms with E-state index in [1.165, 1.54) is 18.2 Å². The van der Waals surface area contributed by atoms with Crippen LogP contribution in [0.3, 0.4) is 0 Å². The van der Waals surface area contributed by atoms with E-state index in [0.717, 1.165) is 10.9 Å². The number of pyridine rings is 1. The van der Waals surface area contributed by atoms with Crippen LogP contribution in [-0.4, -0.2) is 13.4 Å². The number of benzene rings is 2. The largest absolute Gasteiger partial charge is 0.280 e. The number of fused-ring (bicyclic) bond motifs is 1. The third-order valence-electron chi connectivity index (χ3n) is 3.42. The SMILES string of the molecule is Cc1ccnc2cc(NS(=O)(=O)c3cccc(Cl)c3Cl)ccc12. The van der Waals surface area contributed by atoms with E-state index in [0.29, 0.717) is 11.2 Å². The first kappa shape index (κ1) is 16.1. The molecule has 0 spiro atoms. The molecule has 0 fully saturated rings. The van der Waals surface area contributed by atoms with Gasteiger partial charge in [0.15, 0.2) is 0 Å². The first-order chi connectivity index (χ1) is 10.9. The molecule has 0 amide bonds. The molecule has 0 unspecified atom stereocenters. The molecule has 0 saturated heterocycles. The van der Waals surface area contributed by atoms with Crippen LogP contribution in [0.4, 0.5) is 5.69 Å². The zero-order chi connectivity index (χ0) is 16.6. The van der Waals surface area contributed by atoms with Crippen molar-refractivity contribution >= 4 is 49.8 Å². The highest BCUT2D eigenvalue weighted by molar-refractivity contribution is 7.92. The number of rotatable bonds is 3. The van der Waals surface area contributed by atoms with E-state index in [9.17, 15) is 8.42 Å². The molecule has 0 radical (unpaired) electrons. The molecule has 1 N–H and O–H groups in total. The Balaban J connectivity index is 2.02. The first-order valence-corrected chi connectivity index (χ1v) is 8.94. The van der Waals surface area contributed by atoms with Gasteiger partial charge in [-0.05, 0) is 42.8 Å². The van der Waals surface area contributed by atoms with Crippen molar-refractivity contribution in [1.29, 1.82) is 0 Å². The van der Waals surface area contributed by atoms with Crippen LogP contribution >= 0.6 is 23.2 Å². The quantitative estimate of drug-likeness (QED) is 0.733. The fourth-order valence-corrected chi connectivity index (χ4v) is 4.07. The van der Waals surface area contributed by atoms with Gasteiger partial charge in [-0.1, -0.05) is 35.3 Å². The standard InChI is InChI=1S/C16H12Cl2N2O2S/c1-10-7-8-19-14-9-11(5-6-12(10)14)20-23(21,22)15-4-2-3-13(17)16(15)18/h2-9,20H,1H3. The van der Waals surface area contributed by atoms with E-state index in [-0.39, 0.29) is 14.9 Å². The highest BCUT2D eigenvalue weighted by Gasteiger charge is 2.19. The maximum atomic E-state index is 12.5. The van der Waals surface area contributed by atoms with E-state index < -0.39 is 10.0 Å². The van der Waals surface area contributed by atoms with Crippen LogP contribution in [-0.2, 0) is 10.0 Å². The van der Waals surface area contributed by atoms with Gasteiger partial charge in [-0.25, -0.2) is 8.42 Å². The number of hydrogen-bond acceptors (Lipinski definition) is 3. The Labute approximate surface area is 144 Å². The molecule has 118 valence electrons. The number of halogens is 2. The lowest BCUT2D eigenvalue weighted by Crippen LogP contribution is -2.13. The fourth-order valence-electron chi connectivity index (χ4n) is 2.26. The summed E-state index contributed by atoms with van der Waals surface area (Å²) in [7, 11) is -3.84. The summed E-state index contributed by atoms with van der Waals surface area (Å²) in [6.07, 6.45) is 1.68. The number of nitrogens with one attached hydrogen (secondary N) is 1. The van der Waals surface area contributed by atoms with Crippen LogP contribution in [0.15, 0.2) is 53.6 Å². The molecule has 0 atom stereocenters. The van der Waals surface area contributed by atoms with Crippen molar-refractivity contribution in [2.24, 2.45) is 0 Å². The molecule has 7 heteroatoms. The van der Waals surface area contributed by atoms with Gasteiger partial charge < -0.3 is 0 Å². The Morgan fingerprint density at radius 2 is 1.87 bits per heavy atom. The Morgan fingerprint density at radius 1 is 1.09 bits per heavy atom. The van der Waals surface area contributed by atoms with Crippen molar-refractivity contribution in [2.75, 3.05) is 4.72 Å². The van der Waals surface area contributed by atoms with Gasteiger partial charge in [-0.2, -0.15) is 0 Å². The summed E-state index contributed by atoms with van der Waals surface area (Å²) in [6.45, 7) is 1.97. The molecule has 0 aliphatic rings. The molecule has 23 heavy (non-hydrogen) atoms. The summed E-state index contributed by atoms with van der Waals surface area (Å²) in [5, 5.41) is 1.15. The normalized spacial score (nSPS) is 11.6. The second kappa shape index (κ2) is 6.00. The van der Waals surface area contributed by atoms with Crippen LogP contribution in [0, 0.1) is 6.92 Å². The summed E-state index contributed by atoms with van der Waals surface area (Å²) in [6, 6.07) is 11.6. The topological polar surface area (TPSA) is 59.1 Å². The van der Waals surface area contributed by atoms with Crippen molar-refractivity contribution in [2.45, 2.75) is 11.8 Å². The van der Waals surface area contributed by atoms with E-state index in [1.54, 1.807) is 18.3 Å².